The molecule has 0 saturated heterocycles. The molecule has 19 heavy (non-hydrogen) atoms. The first-order valence-corrected chi connectivity index (χ1v) is 6.80. The van der Waals surface area contributed by atoms with Crippen LogP contribution in [-0.4, -0.2) is 30.3 Å². The number of carbonyl (C=O) groups excluding carboxylic acids is 1. The van der Waals surface area contributed by atoms with Gasteiger partial charge < -0.3 is 10.4 Å². The first kappa shape index (κ1) is 16.3. The van der Waals surface area contributed by atoms with Crippen LogP contribution in [0.4, 0.5) is 13.2 Å². The van der Waals surface area contributed by atoms with Gasteiger partial charge in [0.05, 0.1) is 5.92 Å². The van der Waals surface area contributed by atoms with E-state index in [4.69, 9.17) is 5.11 Å². The van der Waals surface area contributed by atoms with E-state index < -0.39 is 18.0 Å². The number of aliphatic hydroxyl groups excluding tert-OH is 1. The third-order valence-electron chi connectivity index (χ3n) is 3.75. The van der Waals surface area contributed by atoms with E-state index in [1.165, 1.54) is 0 Å². The van der Waals surface area contributed by atoms with Crippen LogP contribution in [0.1, 0.15) is 39.0 Å². The van der Waals surface area contributed by atoms with Gasteiger partial charge in [0, 0.05) is 19.1 Å². The van der Waals surface area contributed by atoms with Crippen molar-refractivity contribution in [3.63, 3.8) is 0 Å². The van der Waals surface area contributed by atoms with Gasteiger partial charge >= 0.3 is 6.18 Å². The summed E-state index contributed by atoms with van der Waals surface area (Å²) < 4.78 is 37.9. The minimum absolute atomic E-state index is 0.0522. The molecule has 0 aromatic heterocycles. The molecule has 2 N–H and O–H groups in total. The van der Waals surface area contributed by atoms with Gasteiger partial charge in [-0.1, -0.05) is 13.3 Å². The molecule has 112 valence electrons. The van der Waals surface area contributed by atoms with E-state index in [9.17, 15) is 18.0 Å². The summed E-state index contributed by atoms with van der Waals surface area (Å²) in [5, 5.41) is 11.4. The molecule has 0 radical (unpaired) electrons. The fourth-order valence-corrected chi connectivity index (χ4v) is 2.47. The van der Waals surface area contributed by atoms with Gasteiger partial charge in [-0.15, -0.1) is 0 Å². The molecule has 6 heteroatoms. The van der Waals surface area contributed by atoms with Crippen molar-refractivity contribution in [3.8, 4) is 0 Å². The Morgan fingerprint density at radius 3 is 2.68 bits per heavy atom. The molecule has 0 aliphatic heterocycles. The number of hydrogen-bond donors (Lipinski definition) is 2. The number of rotatable bonds is 5. The van der Waals surface area contributed by atoms with E-state index in [0.717, 1.165) is 0 Å². The molecule has 3 unspecified atom stereocenters. The second-order valence-electron chi connectivity index (χ2n) is 5.46. The topological polar surface area (TPSA) is 49.3 Å². The van der Waals surface area contributed by atoms with Crippen molar-refractivity contribution in [1.82, 2.24) is 5.32 Å². The van der Waals surface area contributed by atoms with Crippen molar-refractivity contribution in [2.45, 2.75) is 45.2 Å². The van der Waals surface area contributed by atoms with Crippen LogP contribution in [0.15, 0.2) is 0 Å². The number of halogens is 3. The standard InChI is InChI=1S/C13H22F3NO2/c1-9(5-6-18)8-17-12(19)10-3-2-4-11(7-10)13(14,15)16/h9-11,18H,2-8H2,1H3,(H,17,19). The maximum absolute atomic E-state index is 12.6. The van der Waals surface area contributed by atoms with E-state index in [0.29, 0.717) is 25.8 Å². The molecular formula is C13H22F3NO2. The Labute approximate surface area is 111 Å². The molecule has 1 rings (SSSR count). The van der Waals surface area contributed by atoms with Crippen molar-refractivity contribution >= 4 is 5.91 Å². The summed E-state index contributed by atoms with van der Waals surface area (Å²) in [6.07, 6.45) is -2.58. The molecule has 1 aliphatic rings. The van der Waals surface area contributed by atoms with Crippen LogP contribution in [-0.2, 0) is 4.79 Å². The largest absolute Gasteiger partial charge is 0.396 e. The van der Waals surface area contributed by atoms with Crippen LogP contribution in [0.2, 0.25) is 0 Å². The molecule has 1 saturated carbocycles. The first-order valence-electron chi connectivity index (χ1n) is 6.80. The van der Waals surface area contributed by atoms with Crippen LogP contribution < -0.4 is 5.32 Å². The normalized spacial score (nSPS) is 25.9. The van der Waals surface area contributed by atoms with Gasteiger partial charge in [-0.3, -0.25) is 4.79 Å². The summed E-state index contributed by atoms with van der Waals surface area (Å²) in [6, 6.07) is 0. The highest BCUT2D eigenvalue weighted by Crippen LogP contribution is 2.39. The summed E-state index contributed by atoms with van der Waals surface area (Å²) in [4.78, 5) is 11.8. The van der Waals surface area contributed by atoms with E-state index in [1.807, 2.05) is 6.92 Å². The SMILES string of the molecule is CC(CCO)CNC(=O)C1CCCC(C(F)(F)F)C1. The van der Waals surface area contributed by atoms with Crippen LogP contribution in [0.25, 0.3) is 0 Å². The third-order valence-corrected chi connectivity index (χ3v) is 3.75. The highest BCUT2D eigenvalue weighted by atomic mass is 19.4. The molecular weight excluding hydrogens is 259 g/mol. The van der Waals surface area contributed by atoms with Crippen molar-refractivity contribution < 1.29 is 23.1 Å². The van der Waals surface area contributed by atoms with Crippen molar-refractivity contribution in [2.24, 2.45) is 17.8 Å². The molecule has 0 heterocycles. The average molecular weight is 281 g/mol. The maximum Gasteiger partial charge on any atom is 0.391 e. The van der Waals surface area contributed by atoms with E-state index in [-0.39, 0.29) is 31.3 Å². The average Bonchev–Trinajstić information content (AvgIpc) is 2.35. The Balaban J connectivity index is 2.40. The van der Waals surface area contributed by atoms with Crippen molar-refractivity contribution in [1.29, 1.82) is 0 Å². The highest BCUT2D eigenvalue weighted by molar-refractivity contribution is 5.78. The Hall–Kier alpha value is -0.780. The fourth-order valence-electron chi connectivity index (χ4n) is 2.47. The number of hydrogen-bond acceptors (Lipinski definition) is 2. The Kier molecular flexibility index (Phi) is 6.10. The molecule has 1 amide bonds. The molecule has 0 bridgehead atoms. The summed E-state index contributed by atoms with van der Waals surface area (Å²) in [6.45, 7) is 2.35. The first-order chi connectivity index (χ1) is 8.84. The second-order valence-corrected chi connectivity index (χ2v) is 5.46. The molecule has 3 nitrogen and oxygen atoms in total. The molecule has 0 spiro atoms. The molecule has 3 atom stereocenters. The summed E-state index contributed by atoms with van der Waals surface area (Å²) in [5.41, 5.74) is 0. The number of amides is 1. The van der Waals surface area contributed by atoms with Gasteiger partial charge in [0.15, 0.2) is 0 Å². The van der Waals surface area contributed by atoms with Crippen LogP contribution >= 0.6 is 0 Å². The highest BCUT2D eigenvalue weighted by Gasteiger charge is 2.43. The number of carbonyl (C=O) groups is 1. The minimum Gasteiger partial charge on any atom is -0.396 e. The minimum atomic E-state index is -4.19. The zero-order valence-electron chi connectivity index (χ0n) is 11.2. The smallest absolute Gasteiger partial charge is 0.391 e. The molecule has 0 aromatic carbocycles. The second kappa shape index (κ2) is 7.12. The van der Waals surface area contributed by atoms with E-state index >= 15 is 0 Å². The maximum atomic E-state index is 12.6. The summed E-state index contributed by atoms with van der Waals surface area (Å²) in [7, 11) is 0. The van der Waals surface area contributed by atoms with Gasteiger partial charge in [-0.2, -0.15) is 13.2 Å². The van der Waals surface area contributed by atoms with Gasteiger partial charge in [-0.25, -0.2) is 0 Å². The van der Waals surface area contributed by atoms with Gasteiger partial charge in [0.25, 0.3) is 0 Å². The van der Waals surface area contributed by atoms with Gasteiger partial charge in [0.2, 0.25) is 5.91 Å². The number of aliphatic hydroxyl groups is 1. The van der Waals surface area contributed by atoms with Crippen LogP contribution in [0, 0.1) is 17.8 Å². The van der Waals surface area contributed by atoms with Crippen molar-refractivity contribution in [2.75, 3.05) is 13.2 Å². The lowest BCUT2D eigenvalue weighted by Crippen LogP contribution is -2.38. The zero-order valence-corrected chi connectivity index (χ0v) is 11.2. The third kappa shape index (κ3) is 5.38. The Morgan fingerprint density at radius 1 is 1.42 bits per heavy atom. The van der Waals surface area contributed by atoms with Gasteiger partial charge in [-0.05, 0) is 31.6 Å². The van der Waals surface area contributed by atoms with E-state index in [1.54, 1.807) is 0 Å². The predicted molar refractivity (Wildman–Crippen MR) is 65.4 cm³/mol. The molecule has 0 aromatic rings. The number of alkyl halides is 3. The Morgan fingerprint density at radius 2 is 2.11 bits per heavy atom. The quantitative estimate of drug-likeness (QED) is 0.813. The lowest BCUT2D eigenvalue weighted by molar-refractivity contribution is -0.186. The van der Waals surface area contributed by atoms with Crippen LogP contribution in [0.3, 0.4) is 0 Å². The van der Waals surface area contributed by atoms with Gasteiger partial charge in [0.1, 0.15) is 0 Å². The number of nitrogens with one attached hydrogen (secondary N) is 1. The predicted octanol–water partition coefficient (Wildman–Crippen LogP) is 2.49. The molecule has 1 aliphatic carbocycles. The summed E-state index contributed by atoms with van der Waals surface area (Å²) in [5.74, 6) is -2.01. The van der Waals surface area contributed by atoms with Crippen molar-refractivity contribution in [3.05, 3.63) is 0 Å². The molecule has 1 fully saturated rings. The lowest BCUT2D eigenvalue weighted by atomic mass is 9.80. The summed E-state index contributed by atoms with van der Waals surface area (Å²) >= 11 is 0. The van der Waals surface area contributed by atoms with E-state index in [2.05, 4.69) is 5.32 Å². The van der Waals surface area contributed by atoms with Crippen LogP contribution in [0.5, 0.6) is 0 Å². The zero-order chi connectivity index (χ0) is 14.5. The fraction of sp³-hybridized carbons (Fsp3) is 0.923. The lowest BCUT2D eigenvalue weighted by Gasteiger charge is -2.30. The Bertz CT molecular complexity index is 294. The monoisotopic (exact) mass is 281 g/mol.